The van der Waals surface area contributed by atoms with E-state index in [9.17, 15) is 9.59 Å². The number of benzene rings is 1. The van der Waals surface area contributed by atoms with E-state index >= 15 is 0 Å². The van der Waals surface area contributed by atoms with Gasteiger partial charge in [-0.3, -0.25) is 4.79 Å². The molecule has 10 nitrogen and oxygen atoms in total. The van der Waals surface area contributed by atoms with Crippen molar-refractivity contribution in [1.82, 2.24) is 24.2 Å². The highest BCUT2D eigenvalue weighted by molar-refractivity contribution is 5.94. The lowest BCUT2D eigenvalue weighted by atomic mass is 9.82. The average molecular weight is 592 g/mol. The van der Waals surface area contributed by atoms with Crippen LogP contribution in [0.25, 0.3) is 16.8 Å². The number of hydrogen-bond donors (Lipinski definition) is 2. The van der Waals surface area contributed by atoms with Gasteiger partial charge in [-0.15, -0.1) is 0 Å². The van der Waals surface area contributed by atoms with Gasteiger partial charge in [0.05, 0.1) is 24.5 Å². The highest BCUT2D eigenvalue weighted by atomic mass is 16.5. The molecule has 2 fully saturated rings. The fraction of sp³-hybridized carbons (Fsp3) is 0.353. The third kappa shape index (κ3) is 5.65. The SMILES string of the molecule is Cc1c(NC(=O)N2CC[C@H]3CCCC=C3C2)cccc1-c1cc(Nc2ccc(C(=O)N3CCOCC3)cn2)c2nccn2c1. The predicted molar refractivity (Wildman–Crippen MR) is 170 cm³/mol. The first-order valence-corrected chi connectivity index (χ1v) is 15.4. The zero-order valence-corrected chi connectivity index (χ0v) is 25.0. The van der Waals surface area contributed by atoms with Crippen LogP contribution in [-0.2, 0) is 4.74 Å². The lowest BCUT2D eigenvalue weighted by Gasteiger charge is -2.36. The van der Waals surface area contributed by atoms with E-state index in [-0.39, 0.29) is 11.9 Å². The number of nitrogens with zero attached hydrogens (tertiary/aromatic N) is 5. The summed E-state index contributed by atoms with van der Waals surface area (Å²) < 4.78 is 7.34. The molecule has 7 rings (SSSR count). The summed E-state index contributed by atoms with van der Waals surface area (Å²) in [5, 5.41) is 6.59. The van der Waals surface area contributed by atoms with Crippen molar-refractivity contribution in [3.8, 4) is 11.1 Å². The molecule has 2 saturated heterocycles. The molecule has 4 aromatic rings. The molecule has 2 N–H and O–H groups in total. The molecule has 3 aromatic heterocycles. The number of anilines is 3. The Hall–Kier alpha value is -4.70. The van der Waals surface area contributed by atoms with Gasteiger partial charge in [0.2, 0.25) is 0 Å². The van der Waals surface area contributed by atoms with Gasteiger partial charge in [0.15, 0.2) is 5.65 Å². The molecule has 1 atom stereocenters. The first-order chi connectivity index (χ1) is 21.5. The van der Waals surface area contributed by atoms with Gasteiger partial charge >= 0.3 is 6.03 Å². The number of amides is 3. The monoisotopic (exact) mass is 591 g/mol. The Morgan fingerprint density at radius 2 is 1.89 bits per heavy atom. The van der Waals surface area contributed by atoms with Crippen LogP contribution in [0.5, 0.6) is 0 Å². The van der Waals surface area contributed by atoms with E-state index in [4.69, 9.17) is 4.74 Å². The van der Waals surface area contributed by atoms with Gasteiger partial charge in [0.25, 0.3) is 5.91 Å². The van der Waals surface area contributed by atoms with E-state index in [0.717, 1.165) is 59.6 Å². The molecule has 1 aromatic carbocycles. The van der Waals surface area contributed by atoms with Gasteiger partial charge in [-0.2, -0.15) is 0 Å². The summed E-state index contributed by atoms with van der Waals surface area (Å²) in [6.07, 6.45) is 14.3. The number of hydrogen-bond acceptors (Lipinski definition) is 6. The predicted octanol–water partition coefficient (Wildman–Crippen LogP) is 5.88. The summed E-state index contributed by atoms with van der Waals surface area (Å²) in [7, 11) is 0. The number of ether oxygens (including phenoxy) is 1. The second-order valence-corrected chi connectivity index (χ2v) is 11.8. The number of piperidine rings is 1. The normalized spacial score (nSPS) is 18.5. The Morgan fingerprint density at radius 3 is 2.73 bits per heavy atom. The van der Waals surface area contributed by atoms with Gasteiger partial charge in [-0.25, -0.2) is 14.8 Å². The van der Waals surface area contributed by atoms with Crippen LogP contribution < -0.4 is 10.6 Å². The van der Waals surface area contributed by atoms with Crippen LogP contribution in [-0.4, -0.2) is 75.5 Å². The summed E-state index contributed by atoms with van der Waals surface area (Å²) in [6.45, 7) is 5.84. The molecule has 0 bridgehead atoms. The topological polar surface area (TPSA) is 104 Å². The Balaban J connectivity index is 1.11. The van der Waals surface area contributed by atoms with Crippen molar-refractivity contribution in [1.29, 1.82) is 0 Å². The van der Waals surface area contributed by atoms with Gasteiger partial charge < -0.3 is 29.6 Å². The second kappa shape index (κ2) is 12.1. The number of nitrogens with one attached hydrogen (secondary N) is 2. The fourth-order valence-electron chi connectivity index (χ4n) is 6.54. The minimum Gasteiger partial charge on any atom is -0.378 e. The molecule has 1 aliphatic carbocycles. The Labute approximate surface area is 256 Å². The molecule has 0 radical (unpaired) electrons. The molecular formula is C34H37N7O3. The molecule has 44 heavy (non-hydrogen) atoms. The summed E-state index contributed by atoms with van der Waals surface area (Å²) >= 11 is 0. The minimum atomic E-state index is -0.0517. The van der Waals surface area contributed by atoms with Crippen LogP contribution in [0.15, 0.2) is 72.8 Å². The van der Waals surface area contributed by atoms with E-state index in [2.05, 4.69) is 32.7 Å². The molecule has 3 amide bonds. The first-order valence-electron chi connectivity index (χ1n) is 15.4. The van der Waals surface area contributed by atoms with Crippen molar-refractivity contribution in [3.05, 3.63) is 84.0 Å². The maximum Gasteiger partial charge on any atom is 0.322 e. The molecule has 0 unspecified atom stereocenters. The lowest BCUT2D eigenvalue weighted by molar-refractivity contribution is 0.0302. The number of pyridine rings is 2. The second-order valence-electron chi connectivity index (χ2n) is 11.8. The largest absolute Gasteiger partial charge is 0.378 e. The number of carbonyl (C=O) groups excluding carboxylic acids is 2. The van der Waals surface area contributed by atoms with Gasteiger partial charge in [0.1, 0.15) is 5.82 Å². The van der Waals surface area contributed by atoms with Crippen molar-refractivity contribution in [3.63, 3.8) is 0 Å². The summed E-state index contributed by atoms with van der Waals surface area (Å²) in [5.41, 5.74) is 7.28. The van der Waals surface area contributed by atoms with E-state index in [1.54, 1.807) is 23.4 Å². The molecule has 0 spiro atoms. The molecule has 3 aliphatic rings. The summed E-state index contributed by atoms with van der Waals surface area (Å²) in [5.74, 6) is 1.22. The number of fused-ring (bicyclic) bond motifs is 2. The van der Waals surface area contributed by atoms with E-state index in [1.165, 1.54) is 18.4 Å². The van der Waals surface area contributed by atoms with Crippen LogP contribution >= 0.6 is 0 Å². The van der Waals surface area contributed by atoms with Crippen LogP contribution in [0.4, 0.5) is 22.0 Å². The third-order valence-corrected chi connectivity index (χ3v) is 9.04. The van der Waals surface area contributed by atoms with Gasteiger partial charge in [0, 0.05) is 62.2 Å². The average Bonchev–Trinajstić information content (AvgIpc) is 3.55. The Kier molecular flexibility index (Phi) is 7.74. The number of allylic oxidation sites excluding steroid dienone is 1. The Morgan fingerprint density at radius 1 is 1.00 bits per heavy atom. The highest BCUT2D eigenvalue weighted by Crippen LogP contribution is 2.34. The number of likely N-dealkylation sites (tertiary alicyclic amines) is 1. The van der Waals surface area contributed by atoms with E-state index in [1.807, 2.05) is 52.9 Å². The molecule has 10 heteroatoms. The molecule has 0 saturated carbocycles. The van der Waals surface area contributed by atoms with Crippen LogP contribution in [0.2, 0.25) is 0 Å². The van der Waals surface area contributed by atoms with Crippen molar-refractivity contribution in [2.75, 3.05) is 50.0 Å². The standard InChI is InChI=1S/C34H37N7O3/c1-23-28(7-4-8-29(23)38-34(43)41-13-11-24-5-2-3-6-26(24)21-41)27-19-30(32-35-12-14-40(32)22-27)37-31-10-9-25(20-36-31)33(42)39-15-17-44-18-16-39/h4,6-10,12,14,19-20,22,24H,2-3,5,11,13,15-18,21H2,1H3,(H,36,37)(H,38,43)/t24-/m1/s1. The maximum absolute atomic E-state index is 13.3. The number of aromatic nitrogens is 3. The number of urea groups is 1. The van der Waals surface area contributed by atoms with E-state index < -0.39 is 0 Å². The summed E-state index contributed by atoms with van der Waals surface area (Å²) in [6, 6.07) is 11.6. The van der Waals surface area contributed by atoms with Crippen molar-refractivity contribution in [2.45, 2.75) is 32.6 Å². The van der Waals surface area contributed by atoms with Gasteiger partial charge in [-0.05, 0) is 73.9 Å². The molecule has 226 valence electrons. The zero-order valence-electron chi connectivity index (χ0n) is 25.0. The smallest absolute Gasteiger partial charge is 0.322 e. The number of morpholine rings is 1. The van der Waals surface area contributed by atoms with Crippen LogP contribution in [0, 0.1) is 12.8 Å². The minimum absolute atomic E-state index is 0.0389. The number of imidazole rings is 1. The molecular weight excluding hydrogens is 554 g/mol. The molecule has 5 heterocycles. The van der Waals surface area contributed by atoms with E-state index in [0.29, 0.717) is 43.6 Å². The fourth-order valence-corrected chi connectivity index (χ4v) is 6.54. The lowest BCUT2D eigenvalue weighted by Crippen LogP contribution is -2.42. The van der Waals surface area contributed by atoms with Crippen LogP contribution in [0.3, 0.4) is 0 Å². The maximum atomic E-state index is 13.3. The quantitative estimate of drug-likeness (QED) is 0.281. The van der Waals surface area contributed by atoms with Crippen molar-refractivity contribution >= 4 is 34.8 Å². The number of carbonyl (C=O) groups is 2. The zero-order chi connectivity index (χ0) is 30.0. The molecule has 2 aliphatic heterocycles. The van der Waals surface area contributed by atoms with Crippen molar-refractivity contribution in [2.24, 2.45) is 5.92 Å². The Bertz CT molecular complexity index is 1720. The van der Waals surface area contributed by atoms with Gasteiger partial charge in [-0.1, -0.05) is 23.8 Å². The first kappa shape index (κ1) is 28.1. The highest BCUT2D eigenvalue weighted by Gasteiger charge is 2.28. The van der Waals surface area contributed by atoms with Crippen molar-refractivity contribution < 1.29 is 14.3 Å². The van der Waals surface area contributed by atoms with Crippen LogP contribution in [0.1, 0.15) is 41.6 Å². The number of rotatable bonds is 5. The summed E-state index contributed by atoms with van der Waals surface area (Å²) in [4.78, 5) is 39.0. The third-order valence-electron chi connectivity index (χ3n) is 9.04.